The van der Waals surface area contributed by atoms with Gasteiger partial charge in [0.15, 0.2) is 0 Å². The Morgan fingerprint density at radius 3 is 2.66 bits per heavy atom. The third-order valence-corrected chi connectivity index (χ3v) is 5.66. The van der Waals surface area contributed by atoms with Crippen molar-refractivity contribution in [3.8, 4) is 11.1 Å². The van der Waals surface area contributed by atoms with Crippen LogP contribution in [0.15, 0.2) is 42.9 Å². The van der Waals surface area contributed by atoms with Crippen LogP contribution in [0.25, 0.3) is 22.0 Å². The summed E-state index contributed by atoms with van der Waals surface area (Å²) in [6, 6.07) is 8.44. The van der Waals surface area contributed by atoms with E-state index in [-0.39, 0.29) is 10.7 Å². The second kappa shape index (κ2) is 9.29. The van der Waals surface area contributed by atoms with Crippen LogP contribution in [0.1, 0.15) is 39.2 Å². The largest absolute Gasteiger partial charge is 0.633 e. The smallest absolute Gasteiger partial charge is 0.223 e. The quantitative estimate of drug-likeness (QED) is 0.412. The molecule has 0 aliphatic rings. The number of quaternary nitrogens is 1. The van der Waals surface area contributed by atoms with Crippen LogP contribution < -0.4 is 5.32 Å². The average molecular weight is 394 g/mol. The van der Waals surface area contributed by atoms with Crippen molar-refractivity contribution in [2.45, 2.75) is 46.6 Å². The summed E-state index contributed by atoms with van der Waals surface area (Å²) >= 11 is 0. The Balaban J connectivity index is 1.65. The number of benzene rings is 1. The highest BCUT2D eigenvalue weighted by atomic mass is 16.5. The lowest BCUT2D eigenvalue weighted by Crippen LogP contribution is -2.42. The molecule has 2 heterocycles. The minimum absolute atomic E-state index is 0.113. The van der Waals surface area contributed by atoms with Crippen molar-refractivity contribution < 1.29 is 4.65 Å². The summed E-state index contributed by atoms with van der Waals surface area (Å²) in [6.07, 6.45) is 7.37. The molecule has 0 saturated heterocycles. The maximum Gasteiger partial charge on any atom is 0.223 e. The first-order valence-electron chi connectivity index (χ1n) is 10.5. The molecule has 1 aromatic carbocycles. The summed E-state index contributed by atoms with van der Waals surface area (Å²) in [5, 5.41) is 16.7. The molecule has 2 aromatic heterocycles. The van der Waals surface area contributed by atoms with E-state index in [1.54, 1.807) is 0 Å². The third kappa shape index (κ3) is 5.28. The van der Waals surface area contributed by atoms with Crippen molar-refractivity contribution in [2.75, 3.05) is 25.0 Å². The standard InChI is InChI=1S/C23H31N5O/c1-5-28(29,6-2)13-7-8-18(4)26-23-25-15-20-14-19(9-10-22(20)27-23)21-16-24-12-11-17(21)3/h9-12,14-16,18H,5-8,13H2,1-4H3,(H,25,26,27). The minimum Gasteiger partial charge on any atom is -0.633 e. The Morgan fingerprint density at radius 1 is 1.14 bits per heavy atom. The van der Waals surface area contributed by atoms with Crippen molar-refractivity contribution >= 4 is 16.9 Å². The monoisotopic (exact) mass is 393 g/mol. The van der Waals surface area contributed by atoms with Gasteiger partial charge in [-0.1, -0.05) is 6.07 Å². The number of anilines is 1. The second-order valence-electron chi connectivity index (χ2n) is 7.76. The van der Waals surface area contributed by atoms with Crippen LogP contribution in [0.2, 0.25) is 0 Å². The molecule has 1 unspecified atom stereocenters. The number of fused-ring (bicyclic) bond motifs is 1. The lowest BCUT2D eigenvalue weighted by Gasteiger charge is -2.41. The van der Waals surface area contributed by atoms with Crippen molar-refractivity contribution in [1.29, 1.82) is 0 Å². The molecule has 0 aliphatic carbocycles. The Kier molecular flexibility index (Phi) is 6.77. The summed E-state index contributed by atoms with van der Waals surface area (Å²) < 4.78 is -0.113. The fourth-order valence-corrected chi connectivity index (χ4v) is 3.55. The number of rotatable bonds is 9. The first kappa shape index (κ1) is 21.1. The number of hydrogen-bond donors (Lipinski definition) is 1. The predicted molar refractivity (Wildman–Crippen MR) is 119 cm³/mol. The molecule has 6 heteroatoms. The van der Waals surface area contributed by atoms with E-state index in [0.717, 1.165) is 34.9 Å². The molecule has 0 spiro atoms. The third-order valence-electron chi connectivity index (χ3n) is 5.66. The van der Waals surface area contributed by atoms with Crippen LogP contribution in [-0.2, 0) is 0 Å². The van der Waals surface area contributed by atoms with Crippen LogP contribution >= 0.6 is 0 Å². The Bertz CT molecular complexity index is 955. The first-order valence-corrected chi connectivity index (χ1v) is 10.5. The SMILES string of the molecule is CC[N+]([O-])(CC)CCCC(C)Nc1ncc2cc(-c3cnccc3C)ccc2n1. The number of hydroxylamine groups is 3. The highest BCUT2D eigenvalue weighted by Crippen LogP contribution is 2.26. The van der Waals surface area contributed by atoms with Gasteiger partial charge in [0, 0.05) is 35.6 Å². The molecule has 0 bridgehead atoms. The summed E-state index contributed by atoms with van der Waals surface area (Å²) in [5.74, 6) is 0.629. The minimum atomic E-state index is -0.113. The summed E-state index contributed by atoms with van der Waals surface area (Å²) in [5.41, 5.74) is 4.34. The van der Waals surface area contributed by atoms with Crippen LogP contribution in [0.5, 0.6) is 0 Å². The van der Waals surface area contributed by atoms with Crippen LogP contribution in [-0.4, -0.2) is 45.3 Å². The molecule has 6 nitrogen and oxygen atoms in total. The fraction of sp³-hybridized carbons (Fsp3) is 0.435. The van der Waals surface area contributed by atoms with Gasteiger partial charge in [0.25, 0.3) is 0 Å². The van der Waals surface area contributed by atoms with Crippen LogP contribution in [0.3, 0.4) is 0 Å². The number of aryl methyl sites for hydroxylation is 1. The second-order valence-corrected chi connectivity index (χ2v) is 7.76. The van der Waals surface area contributed by atoms with Gasteiger partial charge in [-0.25, -0.2) is 9.97 Å². The number of pyridine rings is 1. The predicted octanol–water partition coefficient (Wildman–Crippen LogP) is 4.94. The van der Waals surface area contributed by atoms with Crippen molar-refractivity contribution in [2.24, 2.45) is 0 Å². The molecule has 154 valence electrons. The Morgan fingerprint density at radius 2 is 1.93 bits per heavy atom. The van der Waals surface area contributed by atoms with Gasteiger partial charge in [-0.05, 0) is 69.9 Å². The van der Waals surface area contributed by atoms with Gasteiger partial charge in [0.05, 0.1) is 25.2 Å². The van der Waals surface area contributed by atoms with E-state index in [9.17, 15) is 5.21 Å². The number of nitrogens with one attached hydrogen (secondary N) is 1. The van der Waals surface area contributed by atoms with Gasteiger partial charge in [-0.15, -0.1) is 0 Å². The van der Waals surface area contributed by atoms with Gasteiger partial charge in [0.1, 0.15) is 0 Å². The van der Waals surface area contributed by atoms with E-state index in [4.69, 9.17) is 0 Å². The van der Waals surface area contributed by atoms with Crippen molar-refractivity contribution in [1.82, 2.24) is 15.0 Å². The van der Waals surface area contributed by atoms with Crippen LogP contribution in [0.4, 0.5) is 5.95 Å². The van der Waals surface area contributed by atoms with Crippen molar-refractivity contribution in [3.05, 3.63) is 53.6 Å². The highest BCUT2D eigenvalue weighted by Gasteiger charge is 2.13. The molecule has 29 heavy (non-hydrogen) atoms. The van der Waals surface area contributed by atoms with Gasteiger partial charge >= 0.3 is 0 Å². The maximum atomic E-state index is 12.4. The molecular formula is C23H31N5O. The topological polar surface area (TPSA) is 73.8 Å². The maximum absolute atomic E-state index is 12.4. The lowest BCUT2D eigenvalue weighted by atomic mass is 10.0. The summed E-state index contributed by atoms with van der Waals surface area (Å²) in [4.78, 5) is 13.4. The van der Waals surface area contributed by atoms with Gasteiger partial charge in [0.2, 0.25) is 5.95 Å². The number of hydrogen-bond acceptors (Lipinski definition) is 5. The van der Waals surface area contributed by atoms with Gasteiger partial charge in [-0.3, -0.25) is 4.98 Å². The molecule has 1 N–H and O–H groups in total. The molecule has 3 rings (SSSR count). The fourth-order valence-electron chi connectivity index (χ4n) is 3.55. The normalized spacial score (nSPS) is 12.9. The number of aromatic nitrogens is 3. The number of nitrogens with zero attached hydrogens (tertiary/aromatic N) is 4. The zero-order valence-electron chi connectivity index (χ0n) is 17.9. The van der Waals surface area contributed by atoms with E-state index >= 15 is 0 Å². The van der Waals surface area contributed by atoms with E-state index in [1.807, 2.05) is 44.6 Å². The molecule has 0 amide bonds. The molecule has 1 atom stereocenters. The Hall–Kier alpha value is -2.57. The van der Waals surface area contributed by atoms with Crippen molar-refractivity contribution in [3.63, 3.8) is 0 Å². The molecular weight excluding hydrogens is 362 g/mol. The van der Waals surface area contributed by atoms with E-state index in [2.05, 4.69) is 46.2 Å². The van der Waals surface area contributed by atoms with Gasteiger partial charge in [-0.2, -0.15) is 0 Å². The zero-order valence-corrected chi connectivity index (χ0v) is 17.9. The molecule has 0 saturated carbocycles. The van der Waals surface area contributed by atoms with Crippen LogP contribution in [0, 0.1) is 12.1 Å². The van der Waals surface area contributed by atoms with E-state index in [0.29, 0.717) is 25.6 Å². The Labute approximate surface area is 173 Å². The summed E-state index contributed by atoms with van der Waals surface area (Å²) in [7, 11) is 0. The summed E-state index contributed by atoms with van der Waals surface area (Å²) in [6.45, 7) is 10.0. The lowest BCUT2D eigenvalue weighted by molar-refractivity contribution is -0.877. The highest BCUT2D eigenvalue weighted by molar-refractivity contribution is 5.85. The van der Waals surface area contributed by atoms with E-state index in [1.165, 1.54) is 5.56 Å². The molecule has 0 aliphatic heterocycles. The average Bonchev–Trinajstić information content (AvgIpc) is 2.73. The molecule has 0 radical (unpaired) electrons. The van der Waals surface area contributed by atoms with Gasteiger partial charge < -0.3 is 15.2 Å². The molecule has 0 fully saturated rings. The zero-order chi connectivity index (χ0) is 20.9. The van der Waals surface area contributed by atoms with E-state index < -0.39 is 0 Å². The molecule has 3 aromatic rings. The first-order chi connectivity index (χ1) is 13.9.